The topological polar surface area (TPSA) is 56.2 Å². The fraction of sp³-hybridized carbons (Fsp3) is 0.692. The highest BCUT2D eigenvalue weighted by Gasteiger charge is 2.29. The molecule has 1 saturated carbocycles. The molecule has 2 rings (SSSR count). The predicted octanol–water partition coefficient (Wildman–Crippen LogP) is 1.18. The minimum atomic E-state index is -0.273. The molecule has 0 aromatic carbocycles. The van der Waals surface area contributed by atoms with E-state index < -0.39 is 0 Å². The molecule has 100 valence electrons. The number of carbonyl (C=O) groups excluding carboxylic acids is 1. The molecule has 1 unspecified atom stereocenters. The monoisotopic (exact) mass is 251 g/mol. The van der Waals surface area contributed by atoms with Gasteiger partial charge >= 0.3 is 5.97 Å². The van der Waals surface area contributed by atoms with Crippen molar-refractivity contribution >= 4 is 5.97 Å². The first-order valence-electron chi connectivity index (χ1n) is 6.52. The summed E-state index contributed by atoms with van der Waals surface area (Å²) in [6.07, 6.45) is 4.08. The van der Waals surface area contributed by atoms with Crippen LogP contribution in [0.2, 0.25) is 0 Å². The number of ether oxygens (including phenoxy) is 1. The van der Waals surface area contributed by atoms with E-state index in [0.29, 0.717) is 19.2 Å². The van der Waals surface area contributed by atoms with E-state index in [1.165, 1.54) is 0 Å². The van der Waals surface area contributed by atoms with Crippen LogP contribution in [0.15, 0.2) is 6.33 Å². The Hall–Kier alpha value is -1.36. The second-order valence-electron chi connectivity index (χ2n) is 4.81. The van der Waals surface area contributed by atoms with Gasteiger partial charge in [0.25, 0.3) is 0 Å². The van der Waals surface area contributed by atoms with Crippen molar-refractivity contribution in [2.45, 2.75) is 52.2 Å². The van der Waals surface area contributed by atoms with Crippen molar-refractivity contribution in [2.24, 2.45) is 0 Å². The quantitative estimate of drug-likeness (QED) is 0.771. The Morgan fingerprint density at radius 3 is 2.83 bits per heavy atom. The van der Waals surface area contributed by atoms with E-state index in [4.69, 9.17) is 4.74 Å². The molecule has 0 aliphatic heterocycles. The number of aromatic nitrogens is 2. The van der Waals surface area contributed by atoms with Gasteiger partial charge in [0, 0.05) is 18.3 Å². The maximum absolute atomic E-state index is 11.9. The predicted molar refractivity (Wildman–Crippen MR) is 68.3 cm³/mol. The summed E-state index contributed by atoms with van der Waals surface area (Å²) in [7, 11) is 0. The van der Waals surface area contributed by atoms with Gasteiger partial charge in [-0.05, 0) is 33.6 Å². The van der Waals surface area contributed by atoms with Gasteiger partial charge in [-0.15, -0.1) is 0 Å². The molecule has 5 heteroatoms. The van der Waals surface area contributed by atoms with E-state index in [-0.39, 0.29) is 12.0 Å². The van der Waals surface area contributed by atoms with Crippen molar-refractivity contribution in [1.82, 2.24) is 14.9 Å². The Morgan fingerprint density at radius 1 is 1.61 bits per heavy atom. The molecule has 1 aliphatic rings. The third-order valence-corrected chi connectivity index (χ3v) is 3.31. The summed E-state index contributed by atoms with van der Waals surface area (Å²) in [5, 5.41) is 3.34. The Balaban J connectivity index is 2.03. The van der Waals surface area contributed by atoms with Gasteiger partial charge in [-0.1, -0.05) is 0 Å². The van der Waals surface area contributed by atoms with Crippen LogP contribution >= 0.6 is 0 Å². The molecule has 5 nitrogen and oxygen atoms in total. The van der Waals surface area contributed by atoms with E-state index in [9.17, 15) is 4.79 Å². The molecule has 0 amide bonds. The van der Waals surface area contributed by atoms with Crippen LogP contribution in [0.25, 0.3) is 0 Å². The van der Waals surface area contributed by atoms with Crippen LogP contribution in [0.5, 0.6) is 0 Å². The second kappa shape index (κ2) is 5.52. The van der Waals surface area contributed by atoms with Crippen molar-refractivity contribution in [2.75, 3.05) is 6.61 Å². The van der Waals surface area contributed by atoms with Crippen LogP contribution in [0.4, 0.5) is 0 Å². The van der Waals surface area contributed by atoms with Crippen LogP contribution in [-0.4, -0.2) is 34.2 Å². The average molecular weight is 251 g/mol. The summed E-state index contributed by atoms with van der Waals surface area (Å²) in [6.45, 7) is 6.82. The minimum Gasteiger partial charge on any atom is -0.465 e. The van der Waals surface area contributed by atoms with E-state index in [1.54, 1.807) is 6.33 Å². The maximum Gasteiger partial charge on any atom is 0.324 e. The number of aryl methyl sites for hydroxylation is 1. The molecular formula is C13H21N3O2. The molecule has 1 heterocycles. The highest BCUT2D eigenvalue weighted by molar-refractivity contribution is 5.75. The fourth-order valence-corrected chi connectivity index (χ4v) is 1.90. The van der Waals surface area contributed by atoms with Gasteiger partial charge in [-0.3, -0.25) is 4.79 Å². The molecule has 0 bridgehead atoms. The highest BCUT2D eigenvalue weighted by Crippen LogP contribution is 2.20. The lowest BCUT2D eigenvalue weighted by atomic mass is 10.2. The lowest BCUT2D eigenvalue weighted by molar-refractivity contribution is -0.146. The molecule has 1 aromatic heterocycles. The molecule has 1 aliphatic carbocycles. The SMILES string of the molecule is CCOC(=O)C(Cn1cnc(C)c1C)NC1CC1. The first kappa shape index (κ1) is 13.1. The molecular weight excluding hydrogens is 230 g/mol. The molecule has 18 heavy (non-hydrogen) atoms. The van der Waals surface area contributed by atoms with Gasteiger partial charge in [0.05, 0.1) is 18.6 Å². The van der Waals surface area contributed by atoms with E-state index in [2.05, 4.69) is 10.3 Å². The first-order valence-corrected chi connectivity index (χ1v) is 6.52. The Labute approximate surface area is 108 Å². The molecule has 1 N–H and O–H groups in total. The zero-order chi connectivity index (χ0) is 13.1. The lowest BCUT2D eigenvalue weighted by Gasteiger charge is -2.18. The van der Waals surface area contributed by atoms with E-state index in [0.717, 1.165) is 24.2 Å². The number of hydrogen-bond donors (Lipinski definition) is 1. The largest absolute Gasteiger partial charge is 0.465 e. The van der Waals surface area contributed by atoms with Gasteiger partial charge in [0.1, 0.15) is 6.04 Å². The van der Waals surface area contributed by atoms with Crippen LogP contribution in [0.1, 0.15) is 31.2 Å². The zero-order valence-electron chi connectivity index (χ0n) is 11.3. The van der Waals surface area contributed by atoms with E-state index in [1.807, 2.05) is 25.3 Å². The molecule has 0 radical (unpaired) electrons. The third kappa shape index (κ3) is 3.10. The van der Waals surface area contributed by atoms with Gasteiger partial charge < -0.3 is 14.6 Å². The first-order chi connectivity index (χ1) is 8.61. The molecule has 0 saturated heterocycles. The standard InChI is InChI=1S/C13H21N3O2/c1-4-18-13(17)12(15-11-5-6-11)7-16-8-14-9(2)10(16)3/h8,11-12,15H,4-7H2,1-3H3. The maximum atomic E-state index is 11.9. The number of rotatable bonds is 6. The summed E-state index contributed by atoms with van der Waals surface area (Å²) < 4.78 is 7.12. The van der Waals surface area contributed by atoms with Crippen molar-refractivity contribution < 1.29 is 9.53 Å². The van der Waals surface area contributed by atoms with Gasteiger partial charge in [0.2, 0.25) is 0 Å². The summed E-state index contributed by atoms with van der Waals surface area (Å²) in [5.41, 5.74) is 2.10. The smallest absolute Gasteiger partial charge is 0.324 e. The van der Waals surface area contributed by atoms with E-state index >= 15 is 0 Å². The Kier molecular flexibility index (Phi) is 4.01. The Bertz CT molecular complexity index is 424. The van der Waals surface area contributed by atoms with Crippen molar-refractivity contribution in [3.05, 3.63) is 17.7 Å². The minimum absolute atomic E-state index is 0.171. The number of carbonyl (C=O) groups is 1. The summed E-state index contributed by atoms with van der Waals surface area (Å²) in [5.74, 6) is -0.171. The third-order valence-electron chi connectivity index (χ3n) is 3.31. The van der Waals surface area contributed by atoms with Gasteiger partial charge in [0.15, 0.2) is 0 Å². The summed E-state index contributed by atoms with van der Waals surface area (Å²) >= 11 is 0. The van der Waals surface area contributed by atoms with Gasteiger partial charge in [-0.25, -0.2) is 4.98 Å². The average Bonchev–Trinajstić information content (AvgIpc) is 3.10. The van der Waals surface area contributed by atoms with Crippen LogP contribution < -0.4 is 5.32 Å². The normalized spacial score (nSPS) is 16.6. The highest BCUT2D eigenvalue weighted by atomic mass is 16.5. The zero-order valence-corrected chi connectivity index (χ0v) is 11.3. The number of imidazole rings is 1. The van der Waals surface area contributed by atoms with Crippen LogP contribution in [-0.2, 0) is 16.1 Å². The van der Waals surface area contributed by atoms with Crippen molar-refractivity contribution in [1.29, 1.82) is 0 Å². The molecule has 1 atom stereocenters. The fourth-order valence-electron chi connectivity index (χ4n) is 1.90. The number of nitrogens with one attached hydrogen (secondary N) is 1. The second-order valence-corrected chi connectivity index (χ2v) is 4.81. The Morgan fingerprint density at radius 2 is 2.33 bits per heavy atom. The number of esters is 1. The summed E-state index contributed by atoms with van der Waals surface area (Å²) in [4.78, 5) is 16.2. The van der Waals surface area contributed by atoms with Crippen LogP contribution in [0, 0.1) is 13.8 Å². The van der Waals surface area contributed by atoms with Crippen molar-refractivity contribution in [3.8, 4) is 0 Å². The van der Waals surface area contributed by atoms with Gasteiger partial charge in [-0.2, -0.15) is 0 Å². The molecule has 0 spiro atoms. The van der Waals surface area contributed by atoms with Crippen molar-refractivity contribution in [3.63, 3.8) is 0 Å². The summed E-state index contributed by atoms with van der Waals surface area (Å²) in [6, 6.07) is 0.203. The molecule has 1 aromatic rings. The number of hydrogen-bond acceptors (Lipinski definition) is 4. The van der Waals surface area contributed by atoms with Crippen LogP contribution in [0.3, 0.4) is 0 Å². The number of nitrogens with zero attached hydrogens (tertiary/aromatic N) is 2. The lowest BCUT2D eigenvalue weighted by Crippen LogP contribution is -2.42. The molecule has 1 fully saturated rings.